The molecule has 2 rings (SSSR count). The number of anilines is 1. The Kier molecular flexibility index (Phi) is 4.06. The smallest absolute Gasteiger partial charge is 0.0420 e. The average Bonchev–Trinajstić information content (AvgIpc) is 2.37. The molecular weight excluding hydrogens is 274 g/mol. The maximum Gasteiger partial charge on any atom is 0.0420 e. The zero-order valence-electron chi connectivity index (χ0n) is 9.76. The third-order valence-electron chi connectivity index (χ3n) is 2.61. The summed E-state index contributed by atoms with van der Waals surface area (Å²) in [4.78, 5) is 0. The molecule has 0 aliphatic heterocycles. The highest BCUT2D eigenvalue weighted by Crippen LogP contribution is 2.29. The molecule has 0 spiro atoms. The van der Waals surface area contributed by atoms with Crippen molar-refractivity contribution < 1.29 is 0 Å². The summed E-state index contributed by atoms with van der Waals surface area (Å²) in [5, 5.41) is 5.90. The van der Waals surface area contributed by atoms with Crippen molar-refractivity contribution in [2.24, 2.45) is 0 Å². The Bertz CT molecular complexity index is 578. The summed E-state index contributed by atoms with van der Waals surface area (Å²) >= 11 is 3.57. The van der Waals surface area contributed by atoms with Crippen LogP contribution in [0.4, 0.5) is 5.69 Å². The Labute approximate surface area is 110 Å². The summed E-state index contributed by atoms with van der Waals surface area (Å²) in [5.41, 5.74) is 1.17. The molecule has 0 unspecified atom stereocenters. The molecule has 0 atom stereocenters. The van der Waals surface area contributed by atoms with Crippen LogP contribution in [-0.2, 0) is 0 Å². The van der Waals surface area contributed by atoms with E-state index in [1.165, 1.54) is 16.5 Å². The van der Waals surface area contributed by atoms with Gasteiger partial charge in [-0.2, -0.15) is 0 Å². The molecule has 0 saturated heterocycles. The first-order valence-electron chi connectivity index (χ1n) is 5.63. The summed E-state index contributed by atoms with van der Waals surface area (Å²) in [6, 6.07) is 12.6. The number of nitrogens with one attached hydrogen (secondary N) is 1. The zero-order chi connectivity index (χ0) is 12.1. The van der Waals surface area contributed by atoms with Gasteiger partial charge in [-0.15, -0.1) is 11.8 Å². The van der Waals surface area contributed by atoms with Crippen molar-refractivity contribution in [2.45, 2.75) is 13.3 Å². The van der Waals surface area contributed by atoms with E-state index in [0.717, 1.165) is 17.4 Å². The van der Waals surface area contributed by atoms with E-state index in [2.05, 4.69) is 69.5 Å². The van der Waals surface area contributed by atoms with Crippen LogP contribution in [0, 0.1) is 11.8 Å². The Hall–Kier alpha value is -1.46. The number of rotatable bonds is 3. The van der Waals surface area contributed by atoms with Crippen LogP contribution in [-0.4, -0.2) is 6.54 Å². The van der Waals surface area contributed by atoms with Gasteiger partial charge in [-0.1, -0.05) is 40.2 Å². The second kappa shape index (κ2) is 5.75. The van der Waals surface area contributed by atoms with Crippen molar-refractivity contribution in [3.05, 3.63) is 40.9 Å². The van der Waals surface area contributed by atoms with Crippen LogP contribution < -0.4 is 5.32 Å². The first-order chi connectivity index (χ1) is 8.33. The summed E-state index contributed by atoms with van der Waals surface area (Å²) in [5.74, 6) is 5.96. The summed E-state index contributed by atoms with van der Waals surface area (Å²) in [7, 11) is 0. The van der Waals surface area contributed by atoms with Crippen LogP contribution in [0.2, 0.25) is 0 Å². The molecule has 0 aliphatic rings. The van der Waals surface area contributed by atoms with Gasteiger partial charge in [0.2, 0.25) is 0 Å². The van der Waals surface area contributed by atoms with Crippen LogP contribution in [0.5, 0.6) is 0 Å². The van der Waals surface area contributed by atoms with Crippen molar-refractivity contribution >= 4 is 32.4 Å². The third kappa shape index (κ3) is 2.81. The molecule has 2 aromatic rings. The Morgan fingerprint density at radius 1 is 1.12 bits per heavy atom. The summed E-state index contributed by atoms with van der Waals surface area (Å²) < 4.78 is 1.13. The van der Waals surface area contributed by atoms with E-state index in [-0.39, 0.29) is 0 Å². The monoisotopic (exact) mass is 287 g/mol. The van der Waals surface area contributed by atoms with Crippen LogP contribution >= 0.6 is 15.9 Å². The predicted octanol–water partition coefficient (Wildman–Crippen LogP) is 4.43. The minimum absolute atomic E-state index is 0.876. The molecule has 17 heavy (non-hydrogen) atoms. The van der Waals surface area contributed by atoms with Gasteiger partial charge < -0.3 is 5.32 Å². The lowest BCUT2D eigenvalue weighted by Gasteiger charge is -2.09. The van der Waals surface area contributed by atoms with Crippen molar-refractivity contribution in [2.75, 3.05) is 11.9 Å². The molecule has 0 saturated carbocycles. The molecule has 1 nitrogen and oxygen atoms in total. The number of benzene rings is 2. The van der Waals surface area contributed by atoms with Gasteiger partial charge in [0.05, 0.1) is 0 Å². The standard InChI is InChI=1S/C15H14BrN/c1-2-3-6-11-17-15-10-9-14(16)12-7-4-5-8-13(12)15/h4-5,7-10,17H,6,11H2,1H3. The van der Waals surface area contributed by atoms with Crippen LogP contribution in [0.3, 0.4) is 0 Å². The lowest BCUT2D eigenvalue weighted by Crippen LogP contribution is -2.00. The SMILES string of the molecule is CC#CCCNc1ccc(Br)c2ccccc12. The quantitative estimate of drug-likeness (QED) is 0.651. The molecule has 1 N–H and O–H groups in total. The fourth-order valence-electron chi connectivity index (χ4n) is 1.80. The normalized spacial score (nSPS) is 9.76. The largest absolute Gasteiger partial charge is 0.384 e. The molecule has 86 valence electrons. The molecule has 0 aromatic heterocycles. The maximum absolute atomic E-state index is 3.57. The highest BCUT2D eigenvalue weighted by Gasteiger charge is 2.02. The van der Waals surface area contributed by atoms with E-state index >= 15 is 0 Å². The Morgan fingerprint density at radius 2 is 1.88 bits per heavy atom. The van der Waals surface area contributed by atoms with Crippen LogP contribution in [0.1, 0.15) is 13.3 Å². The van der Waals surface area contributed by atoms with Crippen molar-refractivity contribution in [1.29, 1.82) is 0 Å². The molecule has 2 heteroatoms. The van der Waals surface area contributed by atoms with E-state index < -0.39 is 0 Å². The maximum atomic E-state index is 3.57. The first-order valence-corrected chi connectivity index (χ1v) is 6.43. The summed E-state index contributed by atoms with van der Waals surface area (Å²) in [6.45, 7) is 2.75. The third-order valence-corrected chi connectivity index (χ3v) is 3.30. The molecule has 0 aliphatic carbocycles. The van der Waals surface area contributed by atoms with Gasteiger partial charge in [0.15, 0.2) is 0 Å². The molecule has 0 heterocycles. The van der Waals surface area contributed by atoms with E-state index in [1.807, 2.05) is 6.92 Å². The van der Waals surface area contributed by atoms with Gasteiger partial charge in [-0.05, 0) is 24.4 Å². The second-order valence-electron chi connectivity index (χ2n) is 3.74. The molecule has 2 aromatic carbocycles. The first kappa shape index (κ1) is 12.0. The van der Waals surface area contributed by atoms with E-state index in [0.29, 0.717) is 0 Å². The lowest BCUT2D eigenvalue weighted by atomic mass is 10.1. The van der Waals surface area contributed by atoms with Gasteiger partial charge in [-0.25, -0.2) is 0 Å². The van der Waals surface area contributed by atoms with E-state index in [4.69, 9.17) is 0 Å². The topological polar surface area (TPSA) is 12.0 Å². The molecule has 0 amide bonds. The van der Waals surface area contributed by atoms with E-state index in [9.17, 15) is 0 Å². The number of hydrogen-bond donors (Lipinski definition) is 1. The minimum atomic E-state index is 0.876. The van der Waals surface area contributed by atoms with Gasteiger partial charge in [0, 0.05) is 28.5 Å². The van der Waals surface area contributed by atoms with Gasteiger partial charge in [-0.3, -0.25) is 0 Å². The highest BCUT2D eigenvalue weighted by atomic mass is 79.9. The molecular formula is C15H14BrN. The highest BCUT2D eigenvalue weighted by molar-refractivity contribution is 9.10. The molecule has 0 fully saturated rings. The van der Waals surface area contributed by atoms with Crippen molar-refractivity contribution in [1.82, 2.24) is 0 Å². The minimum Gasteiger partial charge on any atom is -0.384 e. The van der Waals surface area contributed by atoms with Gasteiger partial charge in [0.1, 0.15) is 0 Å². The Morgan fingerprint density at radius 3 is 2.65 bits per heavy atom. The van der Waals surface area contributed by atoms with Crippen LogP contribution in [0.25, 0.3) is 10.8 Å². The second-order valence-corrected chi connectivity index (χ2v) is 4.60. The number of fused-ring (bicyclic) bond motifs is 1. The van der Waals surface area contributed by atoms with Gasteiger partial charge >= 0.3 is 0 Å². The average molecular weight is 288 g/mol. The van der Waals surface area contributed by atoms with E-state index in [1.54, 1.807) is 0 Å². The van der Waals surface area contributed by atoms with Crippen molar-refractivity contribution in [3.63, 3.8) is 0 Å². The van der Waals surface area contributed by atoms with Crippen molar-refractivity contribution in [3.8, 4) is 11.8 Å². The number of hydrogen-bond acceptors (Lipinski definition) is 1. The van der Waals surface area contributed by atoms with Crippen LogP contribution in [0.15, 0.2) is 40.9 Å². The summed E-state index contributed by atoms with van der Waals surface area (Å²) in [6.07, 6.45) is 0.876. The Balaban J connectivity index is 2.27. The number of halogens is 1. The zero-order valence-corrected chi connectivity index (χ0v) is 11.3. The molecule has 0 radical (unpaired) electrons. The lowest BCUT2D eigenvalue weighted by molar-refractivity contribution is 1.10. The fourth-order valence-corrected chi connectivity index (χ4v) is 2.28. The fraction of sp³-hybridized carbons (Fsp3) is 0.200. The van der Waals surface area contributed by atoms with Gasteiger partial charge in [0.25, 0.3) is 0 Å². The molecule has 0 bridgehead atoms. The predicted molar refractivity (Wildman–Crippen MR) is 78.2 cm³/mol.